The molecule has 9 heavy (non-hydrogen) atoms. The van der Waals surface area contributed by atoms with Gasteiger partial charge in [-0.15, -0.1) is 0 Å². The van der Waals surface area contributed by atoms with Crippen molar-refractivity contribution >= 4 is 9.84 Å². The van der Waals surface area contributed by atoms with Crippen LogP contribution in [0.1, 0.15) is 20.3 Å². The van der Waals surface area contributed by atoms with Gasteiger partial charge < -0.3 is 0 Å². The third-order valence-electron chi connectivity index (χ3n) is 1.37. The average Bonchev–Trinajstić information content (AvgIpc) is 1.86. The van der Waals surface area contributed by atoms with Gasteiger partial charge in [0.15, 0.2) is 9.84 Å². The van der Waals surface area contributed by atoms with E-state index in [2.05, 4.69) is 6.92 Å². The van der Waals surface area contributed by atoms with Crippen LogP contribution in [0.3, 0.4) is 0 Å². The second-order valence-electron chi connectivity index (χ2n) is 1.98. The summed E-state index contributed by atoms with van der Waals surface area (Å²) >= 11 is 0. The fraction of sp³-hybridized carbons (Fsp3) is 0.833. The van der Waals surface area contributed by atoms with Crippen LogP contribution < -0.4 is 0 Å². The lowest BCUT2D eigenvalue weighted by atomic mass is 10.4. The summed E-state index contributed by atoms with van der Waals surface area (Å²) < 4.78 is 21.7. The molecule has 0 aliphatic heterocycles. The molecule has 0 aliphatic rings. The first-order valence-corrected chi connectivity index (χ1v) is 4.80. The Kier molecular flexibility index (Phi) is 3.18. The van der Waals surface area contributed by atoms with Crippen LogP contribution in [0.15, 0.2) is 0 Å². The largest absolute Gasteiger partial charge is 0.229 e. The normalized spacial score (nSPS) is 15.4. The molecule has 3 heteroatoms. The summed E-state index contributed by atoms with van der Waals surface area (Å²) in [6, 6.07) is 0. The molecule has 0 aromatic rings. The van der Waals surface area contributed by atoms with Gasteiger partial charge in [0.1, 0.15) is 0 Å². The molecule has 0 bridgehead atoms. The fourth-order valence-electron chi connectivity index (χ4n) is 0.490. The molecule has 0 amide bonds. The molecule has 0 rings (SSSR count). The zero-order valence-electron chi connectivity index (χ0n) is 5.92. The molecule has 0 heterocycles. The maximum atomic E-state index is 10.9. The molecular formula is C6H13O2S. The first-order valence-electron chi connectivity index (χ1n) is 3.09. The predicted molar refractivity (Wildman–Crippen MR) is 38.9 cm³/mol. The molecular weight excluding hydrogens is 136 g/mol. The summed E-state index contributed by atoms with van der Waals surface area (Å²) in [7, 11) is -2.86. The van der Waals surface area contributed by atoms with Gasteiger partial charge in [0.25, 0.3) is 0 Å². The molecule has 0 spiro atoms. The van der Waals surface area contributed by atoms with Crippen LogP contribution in [0, 0.1) is 6.92 Å². The molecule has 55 valence electrons. The quantitative estimate of drug-likeness (QED) is 0.600. The van der Waals surface area contributed by atoms with E-state index in [9.17, 15) is 8.42 Å². The first-order chi connectivity index (χ1) is 4.04. The molecule has 1 radical (unpaired) electrons. The van der Waals surface area contributed by atoms with E-state index in [-0.39, 0.29) is 5.75 Å². The molecule has 0 saturated heterocycles. The second kappa shape index (κ2) is 3.20. The van der Waals surface area contributed by atoms with Crippen LogP contribution in [-0.4, -0.2) is 19.4 Å². The SMILES string of the molecule is [CH2]C(CC)S(=O)(=O)CC. The van der Waals surface area contributed by atoms with Crippen molar-refractivity contribution in [3.63, 3.8) is 0 Å². The highest BCUT2D eigenvalue weighted by molar-refractivity contribution is 7.92. The molecule has 0 N–H and O–H groups in total. The van der Waals surface area contributed by atoms with Crippen LogP contribution >= 0.6 is 0 Å². The van der Waals surface area contributed by atoms with E-state index < -0.39 is 15.1 Å². The smallest absolute Gasteiger partial charge is 0.152 e. The van der Waals surface area contributed by atoms with E-state index in [4.69, 9.17) is 0 Å². The van der Waals surface area contributed by atoms with Gasteiger partial charge in [-0.1, -0.05) is 13.8 Å². The lowest BCUT2D eigenvalue weighted by molar-refractivity contribution is 0.587. The molecule has 2 nitrogen and oxygen atoms in total. The maximum Gasteiger partial charge on any atom is 0.152 e. The Balaban J connectivity index is 4.17. The van der Waals surface area contributed by atoms with Gasteiger partial charge in [-0.25, -0.2) is 8.42 Å². The Morgan fingerprint density at radius 2 is 1.89 bits per heavy atom. The molecule has 0 aliphatic carbocycles. The number of hydrogen-bond donors (Lipinski definition) is 0. The Morgan fingerprint density at radius 1 is 1.44 bits per heavy atom. The van der Waals surface area contributed by atoms with Crippen molar-refractivity contribution in [2.24, 2.45) is 0 Å². The summed E-state index contributed by atoms with van der Waals surface area (Å²) in [5.74, 6) is 0.203. The third kappa shape index (κ3) is 2.35. The topological polar surface area (TPSA) is 34.1 Å². The van der Waals surface area contributed by atoms with Crippen molar-refractivity contribution in [3.05, 3.63) is 6.92 Å². The zero-order chi connectivity index (χ0) is 7.49. The van der Waals surface area contributed by atoms with Crippen molar-refractivity contribution in [2.75, 3.05) is 5.75 Å². The summed E-state index contributed by atoms with van der Waals surface area (Å²) in [5.41, 5.74) is 0. The lowest BCUT2D eigenvalue weighted by Crippen LogP contribution is -2.18. The zero-order valence-corrected chi connectivity index (χ0v) is 6.74. The van der Waals surface area contributed by atoms with Crippen molar-refractivity contribution < 1.29 is 8.42 Å². The van der Waals surface area contributed by atoms with E-state index >= 15 is 0 Å². The fourth-order valence-corrected chi connectivity index (χ4v) is 1.47. The summed E-state index contributed by atoms with van der Waals surface area (Å²) in [4.78, 5) is 0. The average molecular weight is 149 g/mol. The molecule has 1 atom stereocenters. The summed E-state index contributed by atoms with van der Waals surface area (Å²) in [6.07, 6.45) is 0.607. The lowest BCUT2D eigenvalue weighted by Gasteiger charge is -2.06. The Morgan fingerprint density at radius 3 is 2.00 bits per heavy atom. The molecule has 0 fully saturated rings. The highest BCUT2D eigenvalue weighted by atomic mass is 32.2. The summed E-state index contributed by atoms with van der Waals surface area (Å²) in [5, 5.41) is -0.414. The van der Waals surface area contributed by atoms with Gasteiger partial charge in [0, 0.05) is 5.75 Å². The number of rotatable bonds is 3. The van der Waals surface area contributed by atoms with Gasteiger partial charge in [-0.2, -0.15) is 0 Å². The Hall–Kier alpha value is -0.0500. The predicted octanol–water partition coefficient (Wildman–Crippen LogP) is 1.03. The first kappa shape index (κ1) is 8.95. The maximum absolute atomic E-state index is 10.9. The van der Waals surface area contributed by atoms with Crippen molar-refractivity contribution in [2.45, 2.75) is 25.5 Å². The minimum atomic E-state index is -2.86. The van der Waals surface area contributed by atoms with Crippen LogP contribution in [0.2, 0.25) is 0 Å². The van der Waals surface area contributed by atoms with Crippen molar-refractivity contribution in [3.8, 4) is 0 Å². The van der Waals surface area contributed by atoms with Crippen LogP contribution in [0.4, 0.5) is 0 Å². The van der Waals surface area contributed by atoms with Crippen molar-refractivity contribution in [1.29, 1.82) is 0 Å². The van der Waals surface area contributed by atoms with Crippen LogP contribution in [-0.2, 0) is 9.84 Å². The number of sulfone groups is 1. The second-order valence-corrected chi connectivity index (χ2v) is 4.55. The Bertz CT molecular complexity index is 158. The molecule has 0 saturated carbocycles. The van der Waals surface area contributed by atoms with E-state index in [1.165, 1.54) is 0 Å². The van der Waals surface area contributed by atoms with Crippen LogP contribution in [0.25, 0.3) is 0 Å². The minimum absolute atomic E-state index is 0.203. The van der Waals surface area contributed by atoms with Crippen LogP contribution in [0.5, 0.6) is 0 Å². The van der Waals surface area contributed by atoms with Crippen molar-refractivity contribution in [1.82, 2.24) is 0 Å². The third-order valence-corrected chi connectivity index (χ3v) is 3.52. The highest BCUT2D eigenvalue weighted by Gasteiger charge is 2.15. The van der Waals surface area contributed by atoms with E-state index in [0.717, 1.165) is 0 Å². The molecule has 1 unspecified atom stereocenters. The van der Waals surface area contributed by atoms with Gasteiger partial charge >= 0.3 is 0 Å². The van der Waals surface area contributed by atoms with Gasteiger partial charge in [0.2, 0.25) is 0 Å². The molecule has 0 aromatic carbocycles. The van der Waals surface area contributed by atoms with Gasteiger partial charge in [0.05, 0.1) is 5.25 Å². The highest BCUT2D eigenvalue weighted by Crippen LogP contribution is 2.03. The van der Waals surface area contributed by atoms with E-state index in [0.29, 0.717) is 6.42 Å². The number of hydrogen-bond acceptors (Lipinski definition) is 2. The van der Waals surface area contributed by atoms with Gasteiger partial charge in [-0.05, 0) is 13.3 Å². The van der Waals surface area contributed by atoms with E-state index in [1.54, 1.807) is 6.92 Å². The summed E-state index contributed by atoms with van der Waals surface area (Å²) in [6.45, 7) is 6.98. The standard InChI is InChI=1S/C6H13O2S/c1-4-6(3)9(7,8)5-2/h6H,3-5H2,1-2H3. The molecule has 0 aromatic heterocycles. The van der Waals surface area contributed by atoms with E-state index in [1.807, 2.05) is 6.92 Å². The van der Waals surface area contributed by atoms with Gasteiger partial charge in [-0.3, -0.25) is 0 Å². The monoisotopic (exact) mass is 149 g/mol. The minimum Gasteiger partial charge on any atom is -0.229 e. The Labute approximate surface area is 57.2 Å².